The number of piperazine rings is 1. The van der Waals surface area contributed by atoms with Crippen molar-refractivity contribution in [3.05, 3.63) is 71.3 Å². The highest BCUT2D eigenvalue weighted by Crippen LogP contribution is 2.28. The van der Waals surface area contributed by atoms with E-state index in [1.165, 1.54) is 22.7 Å². The van der Waals surface area contributed by atoms with Crippen LogP contribution in [-0.2, 0) is 10.0 Å². The summed E-state index contributed by atoms with van der Waals surface area (Å²) in [4.78, 5) is 9.68. The van der Waals surface area contributed by atoms with Gasteiger partial charge in [0.25, 0.3) is 0 Å². The van der Waals surface area contributed by atoms with Crippen LogP contribution in [-0.4, -0.2) is 55.1 Å². The van der Waals surface area contributed by atoms with Crippen molar-refractivity contribution < 1.29 is 12.8 Å². The molecule has 0 unspecified atom stereocenters. The van der Waals surface area contributed by atoms with E-state index in [0.29, 0.717) is 37.6 Å². The fourth-order valence-electron chi connectivity index (χ4n) is 3.64. The zero-order chi connectivity index (χ0) is 22.7. The number of aromatic amines is 1. The van der Waals surface area contributed by atoms with Crippen LogP contribution in [0.4, 0.5) is 10.2 Å². The number of benzene rings is 1. The van der Waals surface area contributed by atoms with E-state index in [0.717, 1.165) is 22.5 Å². The largest absolute Gasteiger partial charge is 0.354 e. The third-order valence-electron chi connectivity index (χ3n) is 5.35. The summed E-state index contributed by atoms with van der Waals surface area (Å²) in [7, 11) is -3.22. The summed E-state index contributed by atoms with van der Waals surface area (Å²) in [5.74, 6) is 0.409. The average molecular weight is 452 g/mol. The monoisotopic (exact) mass is 451 g/mol. The smallest absolute Gasteiger partial charge is 0.211 e. The van der Waals surface area contributed by atoms with Gasteiger partial charge in [-0.25, -0.2) is 12.8 Å². The lowest BCUT2D eigenvalue weighted by Crippen LogP contribution is -2.48. The molecule has 0 radical (unpaired) electrons. The van der Waals surface area contributed by atoms with Gasteiger partial charge in [-0.2, -0.15) is 9.57 Å². The van der Waals surface area contributed by atoms with Gasteiger partial charge in [0.2, 0.25) is 10.0 Å². The first kappa shape index (κ1) is 21.7. The summed E-state index contributed by atoms with van der Waals surface area (Å²) in [5.41, 5.74) is 3.74. The summed E-state index contributed by atoms with van der Waals surface area (Å²) < 4.78 is 38.0. The molecule has 32 heavy (non-hydrogen) atoms. The van der Waals surface area contributed by atoms with Gasteiger partial charge in [-0.3, -0.25) is 4.98 Å². The maximum Gasteiger partial charge on any atom is 0.211 e. The fraction of sp³-hybridized carbons (Fsp3) is 0.217. The summed E-state index contributed by atoms with van der Waals surface area (Å²) in [6, 6.07) is 14.0. The maximum absolute atomic E-state index is 13.1. The van der Waals surface area contributed by atoms with E-state index in [-0.39, 0.29) is 5.82 Å². The molecule has 0 aliphatic carbocycles. The number of nitriles is 1. The predicted molar refractivity (Wildman–Crippen MR) is 123 cm³/mol. The van der Waals surface area contributed by atoms with E-state index in [9.17, 15) is 18.1 Å². The Morgan fingerprint density at radius 1 is 1.09 bits per heavy atom. The Morgan fingerprint density at radius 3 is 2.47 bits per heavy atom. The Bertz CT molecular complexity index is 1280. The van der Waals surface area contributed by atoms with Crippen LogP contribution in [0.15, 0.2) is 48.7 Å². The van der Waals surface area contributed by atoms with Crippen LogP contribution in [0.3, 0.4) is 0 Å². The molecule has 1 aliphatic heterocycles. The molecule has 164 valence electrons. The summed E-state index contributed by atoms with van der Waals surface area (Å²) in [6.07, 6.45) is 6.60. The molecule has 1 aromatic carbocycles. The Balaban J connectivity index is 1.55. The van der Waals surface area contributed by atoms with E-state index >= 15 is 0 Å². The number of hydrogen-bond acceptors (Lipinski definition) is 5. The van der Waals surface area contributed by atoms with Crippen molar-refractivity contribution in [3.63, 3.8) is 0 Å². The second-order valence-electron chi connectivity index (χ2n) is 7.56. The molecule has 9 heteroatoms. The van der Waals surface area contributed by atoms with Gasteiger partial charge in [0.1, 0.15) is 17.7 Å². The molecular formula is C23H22FN5O2S. The van der Waals surface area contributed by atoms with Crippen LogP contribution in [0.25, 0.3) is 23.4 Å². The number of nitrogens with zero attached hydrogens (tertiary/aromatic N) is 4. The van der Waals surface area contributed by atoms with E-state index in [1.54, 1.807) is 24.4 Å². The number of anilines is 1. The van der Waals surface area contributed by atoms with Crippen LogP contribution >= 0.6 is 0 Å². The second-order valence-corrected chi connectivity index (χ2v) is 9.54. The van der Waals surface area contributed by atoms with E-state index in [1.807, 2.05) is 29.2 Å². The normalized spacial score (nSPS) is 15.2. The quantitative estimate of drug-likeness (QED) is 0.642. The number of sulfonamides is 1. The minimum atomic E-state index is -3.22. The van der Waals surface area contributed by atoms with Gasteiger partial charge >= 0.3 is 0 Å². The highest BCUT2D eigenvalue weighted by atomic mass is 32.2. The van der Waals surface area contributed by atoms with Crippen LogP contribution in [0.2, 0.25) is 0 Å². The van der Waals surface area contributed by atoms with Crippen LogP contribution in [0.5, 0.6) is 0 Å². The molecule has 3 aromatic rings. The van der Waals surface area contributed by atoms with Gasteiger partial charge in [-0.15, -0.1) is 0 Å². The SMILES string of the molecule is CS(=O)(=O)N1CCN(c2[nH]c(-c3ccnc(C=Cc4ccc(F)cc4)c3)cc2C#N)CC1. The van der Waals surface area contributed by atoms with Crippen LogP contribution in [0, 0.1) is 17.1 Å². The van der Waals surface area contributed by atoms with Crippen molar-refractivity contribution in [2.75, 3.05) is 37.3 Å². The van der Waals surface area contributed by atoms with Crippen molar-refractivity contribution >= 4 is 28.0 Å². The molecule has 2 aromatic heterocycles. The zero-order valence-electron chi connectivity index (χ0n) is 17.5. The standard InChI is InChI=1S/C23H22FN5O2S/c1-32(30,31)29-12-10-28(11-13-29)23-19(16-25)15-22(27-23)18-8-9-26-21(14-18)7-4-17-2-5-20(24)6-3-17/h2-9,14-15,27H,10-13H2,1H3. The first-order valence-electron chi connectivity index (χ1n) is 10.1. The molecule has 1 aliphatic rings. The molecule has 3 heterocycles. The van der Waals surface area contributed by atoms with Crippen molar-refractivity contribution in [1.82, 2.24) is 14.3 Å². The van der Waals surface area contributed by atoms with Gasteiger partial charge in [0, 0.05) is 43.6 Å². The lowest BCUT2D eigenvalue weighted by Gasteiger charge is -2.34. The first-order chi connectivity index (χ1) is 15.3. The zero-order valence-corrected chi connectivity index (χ0v) is 18.3. The lowest BCUT2D eigenvalue weighted by molar-refractivity contribution is 0.387. The Hall–Kier alpha value is -3.48. The molecular weight excluding hydrogens is 429 g/mol. The average Bonchev–Trinajstić information content (AvgIpc) is 3.23. The number of nitrogens with one attached hydrogen (secondary N) is 1. The molecule has 0 atom stereocenters. The second kappa shape index (κ2) is 8.94. The molecule has 0 bridgehead atoms. The highest BCUT2D eigenvalue weighted by Gasteiger charge is 2.26. The minimum Gasteiger partial charge on any atom is -0.354 e. The van der Waals surface area contributed by atoms with Gasteiger partial charge in [-0.05, 0) is 42.0 Å². The number of aromatic nitrogens is 2. The van der Waals surface area contributed by atoms with Crippen molar-refractivity contribution in [2.24, 2.45) is 0 Å². The van der Waals surface area contributed by atoms with Crippen molar-refractivity contribution in [3.8, 4) is 17.3 Å². The topological polar surface area (TPSA) is 93.1 Å². The number of halogens is 1. The van der Waals surface area contributed by atoms with Gasteiger partial charge < -0.3 is 9.88 Å². The lowest BCUT2D eigenvalue weighted by atomic mass is 10.1. The van der Waals surface area contributed by atoms with Gasteiger partial charge in [0.15, 0.2) is 0 Å². The summed E-state index contributed by atoms with van der Waals surface area (Å²) in [5, 5.41) is 9.62. The van der Waals surface area contributed by atoms with Crippen LogP contribution in [0.1, 0.15) is 16.8 Å². The molecule has 4 rings (SSSR count). The van der Waals surface area contributed by atoms with Crippen LogP contribution < -0.4 is 4.90 Å². The summed E-state index contributed by atoms with van der Waals surface area (Å²) in [6.45, 7) is 1.77. The van der Waals surface area contributed by atoms with Gasteiger partial charge in [0.05, 0.1) is 17.5 Å². The number of rotatable bonds is 5. The minimum absolute atomic E-state index is 0.282. The Labute approximate surface area is 186 Å². The number of pyridine rings is 1. The maximum atomic E-state index is 13.1. The third-order valence-corrected chi connectivity index (χ3v) is 6.65. The highest BCUT2D eigenvalue weighted by molar-refractivity contribution is 7.88. The molecule has 1 saturated heterocycles. The summed E-state index contributed by atoms with van der Waals surface area (Å²) >= 11 is 0. The predicted octanol–water partition coefficient (Wildman–Crippen LogP) is 3.34. The Kier molecular flexibility index (Phi) is 6.08. The van der Waals surface area contributed by atoms with Crippen molar-refractivity contribution in [1.29, 1.82) is 5.26 Å². The van der Waals surface area contributed by atoms with Crippen molar-refractivity contribution in [2.45, 2.75) is 0 Å². The third kappa shape index (κ3) is 4.88. The van der Waals surface area contributed by atoms with E-state index in [4.69, 9.17) is 0 Å². The van der Waals surface area contributed by atoms with Gasteiger partial charge in [-0.1, -0.05) is 18.2 Å². The fourth-order valence-corrected chi connectivity index (χ4v) is 4.47. The number of H-pyrrole nitrogens is 1. The number of hydrogen-bond donors (Lipinski definition) is 1. The van der Waals surface area contributed by atoms with E-state index in [2.05, 4.69) is 16.0 Å². The molecule has 0 amide bonds. The molecule has 0 saturated carbocycles. The Morgan fingerprint density at radius 2 is 1.81 bits per heavy atom. The molecule has 0 spiro atoms. The molecule has 7 nitrogen and oxygen atoms in total. The molecule has 1 fully saturated rings. The first-order valence-corrected chi connectivity index (χ1v) is 11.9. The molecule has 1 N–H and O–H groups in total. The van der Waals surface area contributed by atoms with E-state index < -0.39 is 10.0 Å².